The smallest absolute Gasteiger partial charge is 0.255 e. The van der Waals surface area contributed by atoms with Crippen molar-refractivity contribution >= 4 is 5.91 Å². The van der Waals surface area contributed by atoms with Crippen molar-refractivity contribution in [1.82, 2.24) is 5.32 Å². The van der Waals surface area contributed by atoms with Crippen molar-refractivity contribution in [1.29, 1.82) is 0 Å². The highest BCUT2D eigenvalue weighted by Crippen LogP contribution is 2.24. The van der Waals surface area contributed by atoms with E-state index in [9.17, 15) is 4.79 Å². The summed E-state index contributed by atoms with van der Waals surface area (Å²) in [5.74, 6) is 0.342. The maximum atomic E-state index is 12.5. The summed E-state index contributed by atoms with van der Waals surface area (Å²) >= 11 is 0. The molecule has 1 aromatic carbocycles. The minimum atomic E-state index is -0.192. The van der Waals surface area contributed by atoms with Crippen LogP contribution in [0.3, 0.4) is 0 Å². The monoisotopic (exact) mass is 291 g/mol. The van der Waals surface area contributed by atoms with Crippen LogP contribution in [-0.2, 0) is 0 Å². The van der Waals surface area contributed by atoms with Gasteiger partial charge < -0.3 is 15.2 Å². The molecule has 1 atom stereocenters. The highest BCUT2D eigenvalue weighted by Gasteiger charge is 2.26. The van der Waals surface area contributed by atoms with Gasteiger partial charge in [0.1, 0.15) is 12.4 Å². The van der Waals surface area contributed by atoms with Crippen LogP contribution in [0.1, 0.15) is 37.6 Å². The molecule has 21 heavy (non-hydrogen) atoms. The van der Waals surface area contributed by atoms with Gasteiger partial charge in [-0.2, -0.15) is 0 Å². The van der Waals surface area contributed by atoms with Crippen LogP contribution in [0.4, 0.5) is 0 Å². The lowest BCUT2D eigenvalue weighted by atomic mass is 9.84. The lowest BCUT2D eigenvalue weighted by molar-refractivity contribution is 0.0881. The number of carbonyl (C=O) groups is 1. The zero-order valence-corrected chi connectivity index (χ0v) is 13.1. The minimum absolute atomic E-state index is 0.0385. The summed E-state index contributed by atoms with van der Waals surface area (Å²) in [4.78, 5) is 12.5. The van der Waals surface area contributed by atoms with E-state index in [0.29, 0.717) is 24.3 Å². The van der Waals surface area contributed by atoms with Crippen LogP contribution in [0.2, 0.25) is 0 Å². The van der Waals surface area contributed by atoms with E-state index in [1.54, 1.807) is 24.3 Å². The molecule has 0 aliphatic carbocycles. The van der Waals surface area contributed by atoms with E-state index >= 15 is 0 Å². The number of hydrogen-bond donors (Lipinski definition) is 2. The number of para-hydroxylation sites is 1. The molecule has 116 valence electrons. The summed E-state index contributed by atoms with van der Waals surface area (Å²) in [5.41, 5.74) is 0.363. The molecule has 1 unspecified atom stereocenters. The minimum Gasteiger partial charge on any atom is -0.489 e. The van der Waals surface area contributed by atoms with Crippen LogP contribution in [0.15, 0.2) is 36.9 Å². The second-order valence-corrected chi connectivity index (χ2v) is 6.00. The first-order chi connectivity index (χ1) is 9.90. The van der Waals surface area contributed by atoms with Gasteiger partial charge in [0, 0.05) is 12.6 Å². The maximum Gasteiger partial charge on any atom is 0.255 e. The van der Waals surface area contributed by atoms with Crippen LogP contribution < -0.4 is 10.1 Å². The van der Waals surface area contributed by atoms with Gasteiger partial charge in [0.25, 0.3) is 5.91 Å². The van der Waals surface area contributed by atoms with E-state index in [1.807, 2.05) is 26.8 Å². The summed E-state index contributed by atoms with van der Waals surface area (Å²) in [6.07, 6.45) is 2.16. The summed E-state index contributed by atoms with van der Waals surface area (Å²) in [6, 6.07) is 7.00. The lowest BCUT2D eigenvalue weighted by Crippen LogP contribution is -2.44. The quantitative estimate of drug-likeness (QED) is 0.759. The first kappa shape index (κ1) is 17.2. The van der Waals surface area contributed by atoms with Crippen molar-refractivity contribution in [3.05, 3.63) is 42.5 Å². The molecule has 0 bridgehead atoms. The average Bonchev–Trinajstić information content (AvgIpc) is 2.43. The molecular formula is C17H25NO3. The fraction of sp³-hybridized carbons (Fsp3) is 0.471. The summed E-state index contributed by atoms with van der Waals surface area (Å²) < 4.78 is 5.51. The molecule has 0 aliphatic heterocycles. The van der Waals surface area contributed by atoms with Gasteiger partial charge in [0.05, 0.1) is 5.56 Å². The van der Waals surface area contributed by atoms with Crippen LogP contribution in [0.25, 0.3) is 0 Å². The Morgan fingerprint density at radius 2 is 2.10 bits per heavy atom. The number of nitrogens with one attached hydrogen (secondary N) is 1. The molecule has 0 aliphatic rings. The Bertz CT molecular complexity index is 477. The van der Waals surface area contributed by atoms with E-state index in [2.05, 4.69) is 11.9 Å². The summed E-state index contributed by atoms with van der Waals surface area (Å²) in [5, 5.41) is 12.2. The van der Waals surface area contributed by atoms with Gasteiger partial charge in [-0.05, 0) is 24.0 Å². The van der Waals surface area contributed by atoms with Crippen molar-refractivity contribution in [3.8, 4) is 5.75 Å². The molecule has 0 heterocycles. The number of carbonyl (C=O) groups excluding carboxylic acids is 1. The number of benzene rings is 1. The molecule has 1 rings (SSSR count). The zero-order chi connectivity index (χ0) is 15.9. The van der Waals surface area contributed by atoms with Crippen molar-refractivity contribution < 1.29 is 14.6 Å². The molecule has 0 fully saturated rings. The predicted molar refractivity (Wildman–Crippen MR) is 84.5 cm³/mol. The van der Waals surface area contributed by atoms with Crippen molar-refractivity contribution in [2.45, 2.75) is 33.2 Å². The van der Waals surface area contributed by atoms with E-state index in [1.165, 1.54) is 0 Å². The normalized spacial score (nSPS) is 12.6. The third-order valence-electron chi connectivity index (χ3n) is 3.26. The Kier molecular flexibility index (Phi) is 6.43. The van der Waals surface area contributed by atoms with Crippen LogP contribution >= 0.6 is 0 Å². The SMILES string of the molecule is C=CCOc1ccccc1C(=O)NC(CCO)C(C)(C)C. The van der Waals surface area contributed by atoms with E-state index in [-0.39, 0.29) is 24.0 Å². The number of rotatable bonds is 7. The molecule has 0 radical (unpaired) electrons. The number of hydrogen-bond acceptors (Lipinski definition) is 3. The Hall–Kier alpha value is -1.81. The average molecular weight is 291 g/mol. The standard InChI is InChI=1S/C17H25NO3/c1-5-12-21-14-9-7-6-8-13(14)16(20)18-15(10-11-19)17(2,3)4/h5-9,15,19H,1,10-12H2,2-4H3,(H,18,20). The molecule has 1 amide bonds. The molecule has 4 heteroatoms. The number of amides is 1. The molecule has 0 spiro atoms. The van der Waals surface area contributed by atoms with E-state index < -0.39 is 0 Å². The van der Waals surface area contributed by atoms with Gasteiger partial charge in [-0.25, -0.2) is 0 Å². The fourth-order valence-corrected chi connectivity index (χ4v) is 2.02. The predicted octanol–water partition coefficient (Wildman–Crippen LogP) is 2.78. The first-order valence-corrected chi connectivity index (χ1v) is 7.14. The molecule has 0 aromatic heterocycles. The highest BCUT2D eigenvalue weighted by molar-refractivity contribution is 5.97. The molecular weight excluding hydrogens is 266 g/mol. The lowest BCUT2D eigenvalue weighted by Gasteiger charge is -2.31. The molecule has 1 aromatic rings. The third-order valence-corrected chi connectivity index (χ3v) is 3.26. The summed E-state index contributed by atoms with van der Waals surface area (Å²) in [7, 11) is 0. The van der Waals surface area contributed by atoms with Crippen LogP contribution in [0, 0.1) is 5.41 Å². The Morgan fingerprint density at radius 3 is 2.67 bits per heavy atom. The van der Waals surface area contributed by atoms with Gasteiger partial charge in [0.15, 0.2) is 0 Å². The van der Waals surface area contributed by atoms with Gasteiger partial charge in [-0.3, -0.25) is 4.79 Å². The molecule has 4 nitrogen and oxygen atoms in total. The van der Waals surface area contributed by atoms with E-state index in [0.717, 1.165) is 0 Å². The second-order valence-electron chi connectivity index (χ2n) is 6.00. The Morgan fingerprint density at radius 1 is 1.43 bits per heavy atom. The largest absolute Gasteiger partial charge is 0.489 e. The van der Waals surface area contributed by atoms with Gasteiger partial charge >= 0.3 is 0 Å². The fourth-order valence-electron chi connectivity index (χ4n) is 2.02. The van der Waals surface area contributed by atoms with E-state index in [4.69, 9.17) is 9.84 Å². The Balaban J connectivity index is 2.89. The second kappa shape index (κ2) is 7.84. The summed E-state index contributed by atoms with van der Waals surface area (Å²) in [6.45, 7) is 10.1. The maximum absolute atomic E-state index is 12.5. The molecule has 0 saturated heterocycles. The zero-order valence-electron chi connectivity index (χ0n) is 13.1. The topological polar surface area (TPSA) is 58.6 Å². The van der Waals surface area contributed by atoms with Crippen molar-refractivity contribution in [3.63, 3.8) is 0 Å². The van der Waals surface area contributed by atoms with Crippen LogP contribution in [0.5, 0.6) is 5.75 Å². The van der Waals surface area contributed by atoms with Crippen LogP contribution in [-0.4, -0.2) is 30.3 Å². The Labute approximate surface area is 126 Å². The first-order valence-electron chi connectivity index (χ1n) is 7.14. The number of ether oxygens (including phenoxy) is 1. The molecule has 0 saturated carbocycles. The van der Waals surface area contributed by atoms with Crippen molar-refractivity contribution in [2.75, 3.05) is 13.2 Å². The number of aliphatic hydroxyl groups excluding tert-OH is 1. The molecule has 2 N–H and O–H groups in total. The highest BCUT2D eigenvalue weighted by atomic mass is 16.5. The third kappa shape index (κ3) is 5.23. The van der Waals surface area contributed by atoms with Gasteiger partial charge in [0.2, 0.25) is 0 Å². The van der Waals surface area contributed by atoms with Gasteiger partial charge in [-0.1, -0.05) is 45.6 Å². The van der Waals surface area contributed by atoms with Crippen molar-refractivity contribution in [2.24, 2.45) is 5.41 Å². The van der Waals surface area contributed by atoms with Gasteiger partial charge in [-0.15, -0.1) is 0 Å². The number of aliphatic hydroxyl groups is 1.